The minimum absolute atomic E-state index is 0.199. The first-order chi connectivity index (χ1) is 23.2. The van der Waals surface area contributed by atoms with Crippen molar-refractivity contribution < 1.29 is 4.79 Å². The number of anilines is 1. The van der Waals surface area contributed by atoms with Gasteiger partial charge in [-0.2, -0.15) is 0 Å². The average Bonchev–Trinajstić information content (AvgIpc) is 3.58. The molecule has 0 saturated carbocycles. The third kappa shape index (κ3) is 6.05. The summed E-state index contributed by atoms with van der Waals surface area (Å²) in [5.41, 5.74) is 6.46. The Morgan fingerprint density at radius 3 is 2.42 bits per heavy atom. The van der Waals surface area contributed by atoms with Gasteiger partial charge >= 0.3 is 0 Å². The van der Waals surface area contributed by atoms with E-state index in [0.29, 0.717) is 48.8 Å². The third-order valence-electron chi connectivity index (χ3n) is 8.66. The van der Waals surface area contributed by atoms with Gasteiger partial charge in [-0.3, -0.25) is 14.2 Å². The summed E-state index contributed by atoms with van der Waals surface area (Å²) in [5.74, 6) is 0.0537. The summed E-state index contributed by atoms with van der Waals surface area (Å²) in [5, 5.41) is 5.06. The summed E-state index contributed by atoms with van der Waals surface area (Å²) in [7, 11) is 0. The second-order valence-electron chi connectivity index (χ2n) is 12.2. The number of para-hydroxylation sites is 2. The zero-order valence-electron chi connectivity index (χ0n) is 26.6. The molecule has 3 heterocycles. The summed E-state index contributed by atoms with van der Waals surface area (Å²) in [6, 6.07) is 30.6. The lowest BCUT2D eigenvalue weighted by molar-refractivity contribution is -0.113. The van der Waals surface area contributed by atoms with Gasteiger partial charge in [-0.25, -0.2) is 4.99 Å². The van der Waals surface area contributed by atoms with Crippen LogP contribution < -0.4 is 20.2 Å². The monoisotopic (exact) mass is 690 g/mol. The van der Waals surface area contributed by atoms with Gasteiger partial charge in [-0.05, 0) is 65.9 Å². The molecule has 0 saturated heterocycles. The van der Waals surface area contributed by atoms with Crippen molar-refractivity contribution in [2.45, 2.75) is 39.3 Å². The van der Waals surface area contributed by atoms with Crippen LogP contribution in [0.4, 0.5) is 5.69 Å². The van der Waals surface area contributed by atoms with Crippen molar-refractivity contribution in [3.8, 4) is 0 Å². The molecule has 6 nitrogen and oxygen atoms in total. The first-order valence-electron chi connectivity index (χ1n) is 15.7. The zero-order valence-corrected chi connectivity index (χ0v) is 28.9. The standard InChI is InChI=1S/C39H32Cl2N4O2S/c1-23(2)26-14-16-27(17-15-26)36-35(37(46)43-29-9-5-4-6-10-29)24(3)42-39-45(36)38(47)34(48-39)20-28-22-44(33-12-8-7-11-30(28)33)21-25-13-18-31(40)32(41)19-25/h4-20,22-23,36H,21H2,1-3H3,(H,43,46)/b34-20+/t36-/m0/s1. The second-order valence-corrected chi connectivity index (χ2v) is 14.0. The molecule has 1 aliphatic heterocycles. The number of nitrogens with zero attached hydrogens (tertiary/aromatic N) is 3. The lowest BCUT2D eigenvalue weighted by Crippen LogP contribution is -2.40. The first-order valence-corrected chi connectivity index (χ1v) is 17.3. The molecule has 4 aromatic carbocycles. The van der Waals surface area contributed by atoms with Crippen molar-refractivity contribution in [3.05, 3.63) is 167 Å². The summed E-state index contributed by atoms with van der Waals surface area (Å²) in [6.45, 7) is 6.70. The van der Waals surface area contributed by atoms with Crippen molar-refractivity contribution in [3.63, 3.8) is 0 Å². The topological polar surface area (TPSA) is 68.4 Å². The van der Waals surface area contributed by atoms with Gasteiger partial charge in [-0.1, -0.05) is 115 Å². The molecule has 0 aliphatic carbocycles. The van der Waals surface area contributed by atoms with Crippen molar-refractivity contribution in [1.29, 1.82) is 0 Å². The molecule has 2 aromatic heterocycles. The number of carbonyl (C=O) groups excluding carboxylic acids is 1. The van der Waals surface area contributed by atoms with Crippen LogP contribution in [0.1, 0.15) is 55.0 Å². The number of carbonyl (C=O) groups is 1. The average molecular weight is 692 g/mol. The Balaban J connectivity index is 1.35. The van der Waals surface area contributed by atoms with E-state index in [1.54, 1.807) is 10.6 Å². The van der Waals surface area contributed by atoms with Crippen LogP contribution in [-0.2, 0) is 11.3 Å². The molecule has 1 N–H and O–H groups in total. The Bertz CT molecular complexity index is 2400. The van der Waals surface area contributed by atoms with Gasteiger partial charge in [0.1, 0.15) is 0 Å². The smallest absolute Gasteiger partial charge is 0.271 e. The number of aromatic nitrogens is 2. The summed E-state index contributed by atoms with van der Waals surface area (Å²) >= 11 is 13.8. The number of amides is 1. The van der Waals surface area contributed by atoms with E-state index in [9.17, 15) is 9.59 Å². The molecule has 7 rings (SSSR count). The molecular weight excluding hydrogens is 659 g/mol. The van der Waals surface area contributed by atoms with E-state index in [1.165, 1.54) is 16.9 Å². The van der Waals surface area contributed by atoms with Crippen LogP contribution in [0, 0.1) is 0 Å². The van der Waals surface area contributed by atoms with Crippen LogP contribution in [-0.4, -0.2) is 15.0 Å². The van der Waals surface area contributed by atoms with Gasteiger partial charge in [0.05, 0.1) is 31.9 Å². The fourth-order valence-electron chi connectivity index (χ4n) is 6.21. The quantitative estimate of drug-likeness (QED) is 0.183. The molecule has 0 spiro atoms. The lowest BCUT2D eigenvalue weighted by Gasteiger charge is -2.25. The number of benzene rings is 4. The first kappa shape index (κ1) is 31.9. The highest BCUT2D eigenvalue weighted by atomic mass is 35.5. The maximum Gasteiger partial charge on any atom is 0.271 e. The van der Waals surface area contributed by atoms with Crippen LogP contribution >= 0.6 is 34.5 Å². The zero-order chi connectivity index (χ0) is 33.5. The minimum atomic E-state index is -0.649. The molecule has 1 aliphatic rings. The summed E-state index contributed by atoms with van der Waals surface area (Å²) in [6.07, 6.45) is 3.98. The van der Waals surface area contributed by atoms with Crippen molar-refractivity contribution in [2.75, 3.05) is 5.32 Å². The van der Waals surface area contributed by atoms with Gasteiger partial charge in [0.25, 0.3) is 11.5 Å². The molecule has 0 radical (unpaired) electrons. The summed E-state index contributed by atoms with van der Waals surface area (Å²) in [4.78, 5) is 33.7. The van der Waals surface area contributed by atoms with Gasteiger partial charge in [-0.15, -0.1) is 0 Å². The Kier molecular flexibility index (Phi) is 8.69. The van der Waals surface area contributed by atoms with Gasteiger partial charge < -0.3 is 9.88 Å². The fraction of sp³-hybridized carbons (Fsp3) is 0.154. The van der Waals surface area contributed by atoms with E-state index in [4.69, 9.17) is 28.2 Å². The van der Waals surface area contributed by atoms with Crippen molar-refractivity contribution >= 4 is 63.1 Å². The van der Waals surface area contributed by atoms with Gasteiger partial charge in [0.2, 0.25) is 0 Å². The van der Waals surface area contributed by atoms with Crippen LogP contribution in [0.3, 0.4) is 0 Å². The molecule has 48 heavy (non-hydrogen) atoms. The maximum atomic E-state index is 14.4. The van der Waals surface area contributed by atoms with E-state index in [0.717, 1.165) is 27.6 Å². The molecule has 0 bridgehead atoms. The predicted octanol–water partition coefficient (Wildman–Crippen LogP) is 8.31. The molecular formula is C39H32Cl2N4O2S. The van der Waals surface area contributed by atoms with Crippen LogP contribution in [0.25, 0.3) is 17.0 Å². The fourth-order valence-corrected chi connectivity index (χ4v) is 7.57. The van der Waals surface area contributed by atoms with Crippen LogP contribution in [0.5, 0.6) is 0 Å². The highest BCUT2D eigenvalue weighted by Gasteiger charge is 2.32. The Labute approximate surface area is 291 Å². The number of halogens is 2. The number of fused-ring (bicyclic) bond motifs is 2. The highest BCUT2D eigenvalue weighted by Crippen LogP contribution is 2.32. The van der Waals surface area contributed by atoms with Gasteiger partial charge in [0.15, 0.2) is 4.80 Å². The Hall–Kier alpha value is -4.69. The molecule has 9 heteroatoms. The van der Waals surface area contributed by atoms with E-state index in [1.807, 2.05) is 79.7 Å². The number of hydrogen-bond donors (Lipinski definition) is 1. The normalized spacial score (nSPS) is 14.8. The number of rotatable bonds is 7. The number of hydrogen-bond acceptors (Lipinski definition) is 4. The van der Waals surface area contributed by atoms with E-state index in [-0.39, 0.29) is 11.5 Å². The number of thiazole rings is 1. The minimum Gasteiger partial charge on any atom is -0.342 e. The third-order valence-corrected chi connectivity index (χ3v) is 10.4. The SMILES string of the molecule is CC1=C(C(=O)Nc2ccccc2)[C@H](c2ccc(C(C)C)cc2)n2c(s/c(=C/c3cn(Cc4ccc(Cl)c(Cl)c4)c4ccccc34)c2=O)=N1. The Morgan fingerprint density at radius 1 is 0.958 bits per heavy atom. The lowest BCUT2D eigenvalue weighted by atomic mass is 9.93. The molecule has 0 unspecified atom stereocenters. The predicted molar refractivity (Wildman–Crippen MR) is 197 cm³/mol. The molecule has 6 aromatic rings. The van der Waals surface area contributed by atoms with E-state index in [2.05, 4.69) is 54.2 Å². The van der Waals surface area contributed by atoms with E-state index < -0.39 is 6.04 Å². The highest BCUT2D eigenvalue weighted by molar-refractivity contribution is 7.07. The molecule has 240 valence electrons. The van der Waals surface area contributed by atoms with Crippen LogP contribution in [0.2, 0.25) is 10.0 Å². The molecule has 1 amide bonds. The largest absolute Gasteiger partial charge is 0.342 e. The van der Waals surface area contributed by atoms with E-state index >= 15 is 0 Å². The number of nitrogens with one attached hydrogen (secondary N) is 1. The van der Waals surface area contributed by atoms with Crippen molar-refractivity contribution in [1.82, 2.24) is 9.13 Å². The van der Waals surface area contributed by atoms with Crippen LogP contribution in [0.15, 0.2) is 124 Å². The van der Waals surface area contributed by atoms with Crippen molar-refractivity contribution in [2.24, 2.45) is 4.99 Å². The summed E-state index contributed by atoms with van der Waals surface area (Å²) < 4.78 is 4.35. The second kappa shape index (κ2) is 13.1. The van der Waals surface area contributed by atoms with Gasteiger partial charge in [0, 0.05) is 34.9 Å². The maximum absolute atomic E-state index is 14.4. The Morgan fingerprint density at radius 2 is 1.69 bits per heavy atom. The number of allylic oxidation sites excluding steroid dienone is 1. The molecule has 0 fully saturated rings. The molecule has 1 atom stereocenters.